The van der Waals surface area contributed by atoms with Crippen molar-refractivity contribution in [2.75, 3.05) is 25.6 Å². The van der Waals surface area contributed by atoms with Crippen molar-refractivity contribution in [3.8, 4) is 0 Å². The van der Waals surface area contributed by atoms with Crippen LogP contribution in [-0.2, 0) is 14.8 Å². The van der Waals surface area contributed by atoms with Gasteiger partial charge in [0.05, 0.1) is 12.3 Å². The highest BCUT2D eigenvalue weighted by molar-refractivity contribution is 7.89. The van der Waals surface area contributed by atoms with Crippen LogP contribution in [0.2, 0.25) is 0 Å². The molecule has 20 heavy (non-hydrogen) atoms. The predicted octanol–water partition coefficient (Wildman–Crippen LogP) is 1.61. The maximum Gasteiger partial charge on any atom is 0.244 e. The van der Waals surface area contributed by atoms with Gasteiger partial charge in [0, 0.05) is 32.1 Å². The largest absolute Gasteiger partial charge is 0.384 e. The molecule has 0 aliphatic carbocycles. The molecule has 0 spiro atoms. The number of methoxy groups -OCH3 is 1. The first-order valence-corrected chi connectivity index (χ1v) is 8.22. The molecular formula is C13H23N3O3S. The van der Waals surface area contributed by atoms with E-state index >= 15 is 0 Å². The van der Waals surface area contributed by atoms with Gasteiger partial charge in [-0.15, -0.1) is 0 Å². The van der Waals surface area contributed by atoms with E-state index < -0.39 is 10.0 Å². The lowest BCUT2D eigenvalue weighted by molar-refractivity contribution is 0.173. The topological polar surface area (TPSA) is 80.3 Å². The Morgan fingerprint density at radius 1 is 1.40 bits per heavy atom. The molecule has 0 aliphatic heterocycles. The molecule has 6 nitrogen and oxygen atoms in total. The Morgan fingerprint density at radius 2 is 2.15 bits per heavy atom. The fourth-order valence-electron chi connectivity index (χ4n) is 1.72. The van der Waals surface area contributed by atoms with Crippen LogP contribution >= 0.6 is 0 Å². The molecule has 1 unspecified atom stereocenters. The van der Waals surface area contributed by atoms with Gasteiger partial charge in [0.1, 0.15) is 4.90 Å². The maximum absolute atomic E-state index is 12.4. The lowest BCUT2D eigenvalue weighted by Gasteiger charge is -2.18. The van der Waals surface area contributed by atoms with Gasteiger partial charge >= 0.3 is 0 Å². The fourth-order valence-corrected chi connectivity index (χ4v) is 3.15. The highest BCUT2D eigenvalue weighted by Crippen LogP contribution is 2.20. The average Bonchev–Trinajstić information content (AvgIpc) is 2.44. The SMILES string of the molecule is CCCNc1ccncc1S(=O)(=O)NC(CC)COC. The number of sulfonamides is 1. The summed E-state index contributed by atoms with van der Waals surface area (Å²) in [5.41, 5.74) is 0.571. The Kier molecular flexibility index (Phi) is 6.90. The van der Waals surface area contributed by atoms with E-state index in [0.717, 1.165) is 6.42 Å². The van der Waals surface area contributed by atoms with Crippen molar-refractivity contribution in [2.24, 2.45) is 0 Å². The van der Waals surface area contributed by atoms with Gasteiger partial charge in [0.15, 0.2) is 0 Å². The van der Waals surface area contributed by atoms with Crippen molar-refractivity contribution in [3.63, 3.8) is 0 Å². The summed E-state index contributed by atoms with van der Waals surface area (Å²) in [4.78, 5) is 4.08. The molecule has 0 aromatic carbocycles. The number of anilines is 1. The molecule has 0 fully saturated rings. The first-order chi connectivity index (χ1) is 9.55. The van der Waals surface area contributed by atoms with Crippen LogP contribution in [0.25, 0.3) is 0 Å². The summed E-state index contributed by atoms with van der Waals surface area (Å²) >= 11 is 0. The predicted molar refractivity (Wildman–Crippen MR) is 79.3 cm³/mol. The fraction of sp³-hybridized carbons (Fsp3) is 0.615. The van der Waals surface area contributed by atoms with Crippen LogP contribution in [0.15, 0.2) is 23.4 Å². The quantitative estimate of drug-likeness (QED) is 0.724. The van der Waals surface area contributed by atoms with Gasteiger partial charge in [-0.1, -0.05) is 13.8 Å². The molecule has 1 rings (SSSR count). The number of rotatable bonds is 9. The van der Waals surface area contributed by atoms with E-state index in [-0.39, 0.29) is 10.9 Å². The molecular weight excluding hydrogens is 278 g/mol. The molecule has 1 heterocycles. The minimum absolute atomic E-state index is 0.169. The molecule has 0 bridgehead atoms. The van der Waals surface area contributed by atoms with Crippen LogP contribution in [0.4, 0.5) is 5.69 Å². The smallest absolute Gasteiger partial charge is 0.244 e. The number of pyridine rings is 1. The molecule has 2 N–H and O–H groups in total. The summed E-state index contributed by atoms with van der Waals surface area (Å²) in [5, 5.41) is 3.10. The summed E-state index contributed by atoms with van der Waals surface area (Å²) in [7, 11) is -2.06. The van der Waals surface area contributed by atoms with Gasteiger partial charge < -0.3 is 10.1 Å². The van der Waals surface area contributed by atoms with E-state index in [1.54, 1.807) is 19.4 Å². The monoisotopic (exact) mass is 301 g/mol. The van der Waals surface area contributed by atoms with Crippen LogP contribution < -0.4 is 10.0 Å². The van der Waals surface area contributed by atoms with Gasteiger partial charge in [0.2, 0.25) is 10.0 Å². The van der Waals surface area contributed by atoms with Gasteiger partial charge in [-0.05, 0) is 18.9 Å². The van der Waals surface area contributed by atoms with Gasteiger partial charge in [-0.3, -0.25) is 4.98 Å². The zero-order valence-electron chi connectivity index (χ0n) is 12.2. The van der Waals surface area contributed by atoms with Crippen LogP contribution in [0.1, 0.15) is 26.7 Å². The number of aromatic nitrogens is 1. The summed E-state index contributed by atoms with van der Waals surface area (Å²) in [6, 6.07) is 1.42. The summed E-state index contributed by atoms with van der Waals surface area (Å²) in [6.45, 7) is 4.98. The zero-order valence-corrected chi connectivity index (χ0v) is 13.0. The minimum atomic E-state index is -3.61. The molecule has 0 saturated carbocycles. The second-order valence-electron chi connectivity index (χ2n) is 4.48. The lowest BCUT2D eigenvalue weighted by atomic mass is 10.3. The summed E-state index contributed by atoms with van der Waals surface area (Å²) in [6.07, 6.45) is 4.50. The molecule has 1 aromatic rings. The molecule has 1 aromatic heterocycles. The molecule has 7 heteroatoms. The minimum Gasteiger partial charge on any atom is -0.384 e. The van der Waals surface area contributed by atoms with Crippen molar-refractivity contribution >= 4 is 15.7 Å². The second kappa shape index (κ2) is 8.18. The molecule has 0 radical (unpaired) electrons. The van der Waals surface area contributed by atoms with Crippen LogP contribution in [-0.4, -0.2) is 39.7 Å². The van der Waals surface area contributed by atoms with E-state index in [9.17, 15) is 8.42 Å². The van der Waals surface area contributed by atoms with Crippen molar-refractivity contribution in [3.05, 3.63) is 18.5 Å². The van der Waals surface area contributed by atoms with Crippen molar-refractivity contribution < 1.29 is 13.2 Å². The number of hydrogen-bond acceptors (Lipinski definition) is 5. The van der Waals surface area contributed by atoms with Crippen molar-refractivity contribution in [1.29, 1.82) is 0 Å². The number of hydrogen-bond donors (Lipinski definition) is 2. The van der Waals surface area contributed by atoms with E-state index in [2.05, 4.69) is 15.0 Å². The summed E-state index contributed by atoms with van der Waals surface area (Å²) in [5.74, 6) is 0. The van der Waals surface area contributed by atoms with Gasteiger partial charge in [-0.25, -0.2) is 13.1 Å². The Morgan fingerprint density at radius 3 is 2.75 bits per heavy atom. The number of nitrogens with one attached hydrogen (secondary N) is 2. The standard InChI is InChI=1S/C13H23N3O3S/c1-4-7-15-12-6-8-14-9-13(12)20(17,18)16-11(5-2)10-19-3/h6,8-9,11,16H,4-5,7,10H2,1-3H3,(H,14,15). The van der Waals surface area contributed by atoms with E-state index in [4.69, 9.17) is 4.74 Å². The number of ether oxygens (including phenoxy) is 1. The average molecular weight is 301 g/mol. The molecule has 0 aliphatic rings. The Labute approximate surface area is 121 Å². The van der Waals surface area contributed by atoms with Crippen molar-refractivity contribution in [2.45, 2.75) is 37.6 Å². The van der Waals surface area contributed by atoms with Gasteiger partial charge in [-0.2, -0.15) is 0 Å². The van der Waals surface area contributed by atoms with E-state index in [1.165, 1.54) is 6.20 Å². The third-order valence-electron chi connectivity index (χ3n) is 2.82. The molecule has 114 valence electrons. The normalized spacial score (nSPS) is 13.2. The second-order valence-corrected chi connectivity index (χ2v) is 6.16. The summed E-state index contributed by atoms with van der Waals surface area (Å²) < 4.78 is 32.5. The Hall–Kier alpha value is -1.18. The third-order valence-corrected chi connectivity index (χ3v) is 4.37. The molecule has 0 amide bonds. The Bertz CT molecular complexity index is 505. The van der Waals surface area contributed by atoms with Crippen LogP contribution in [0.3, 0.4) is 0 Å². The van der Waals surface area contributed by atoms with Crippen molar-refractivity contribution in [1.82, 2.24) is 9.71 Å². The Balaban J connectivity index is 2.96. The molecule has 0 saturated heterocycles. The molecule has 1 atom stereocenters. The van der Waals surface area contributed by atoms with Gasteiger partial charge in [0.25, 0.3) is 0 Å². The van der Waals surface area contributed by atoms with E-state index in [1.807, 2.05) is 13.8 Å². The third kappa shape index (κ3) is 4.73. The first kappa shape index (κ1) is 16.9. The van der Waals surface area contributed by atoms with Crippen LogP contribution in [0, 0.1) is 0 Å². The van der Waals surface area contributed by atoms with Crippen LogP contribution in [0.5, 0.6) is 0 Å². The maximum atomic E-state index is 12.4. The lowest BCUT2D eigenvalue weighted by Crippen LogP contribution is -2.37. The number of nitrogens with zero attached hydrogens (tertiary/aromatic N) is 1. The van der Waals surface area contributed by atoms with E-state index in [0.29, 0.717) is 25.3 Å². The zero-order chi connectivity index (χ0) is 15.0. The highest BCUT2D eigenvalue weighted by atomic mass is 32.2. The highest BCUT2D eigenvalue weighted by Gasteiger charge is 2.22. The first-order valence-electron chi connectivity index (χ1n) is 6.74.